The standard InChI is InChI=1S/C19H23NO3/c1-14-6-5-7-15(2)20(14)19(21)9-4-3-8-16-10-11-17-18(12-16)23-13-22-17/h3-4,8-12,14-15H,5-7,13H2,1-2H3/b8-3+,9-4+/t14-,15+. The molecule has 3 rings (SSSR count). The van der Waals surface area contributed by atoms with Crippen molar-refractivity contribution in [3.8, 4) is 11.5 Å². The van der Waals surface area contributed by atoms with Crippen LogP contribution in [-0.2, 0) is 4.79 Å². The van der Waals surface area contributed by atoms with Gasteiger partial charge < -0.3 is 14.4 Å². The first-order chi connectivity index (χ1) is 11.1. The number of ether oxygens (including phenoxy) is 2. The third kappa shape index (κ3) is 3.58. The number of amides is 1. The van der Waals surface area contributed by atoms with Crippen LogP contribution < -0.4 is 9.47 Å². The zero-order chi connectivity index (χ0) is 16.2. The van der Waals surface area contributed by atoms with Crippen LogP contribution >= 0.6 is 0 Å². The monoisotopic (exact) mass is 313 g/mol. The van der Waals surface area contributed by atoms with Gasteiger partial charge in [0.1, 0.15) is 0 Å². The third-order valence-corrected chi connectivity index (χ3v) is 4.48. The Morgan fingerprint density at radius 1 is 1.13 bits per heavy atom. The van der Waals surface area contributed by atoms with Gasteiger partial charge in [0.25, 0.3) is 0 Å². The second-order valence-electron chi connectivity index (χ2n) is 6.21. The minimum Gasteiger partial charge on any atom is -0.454 e. The van der Waals surface area contributed by atoms with E-state index in [1.807, 2.05) is 35.3 Å². The molecule has 2 heterocycles. The Labute approximate surface area is 137 Å². The number of carbonyl (C=O) groups excluding carboxylic acids is 1. The largest absolute Gasteiger partial charge is 0.454 e. The average molecular weight is 313 g/mol. The number of hydrogen-bond acceptors (Lipinski definition) is 3. The highest BCUT2D eigenvalue weighted by molar-refractivity contribution is 5.88. The molecule has 2 aliphatic heterocycles. The number of rotatable bonds is 3. The van der Waals surface area contributed by atoms with Crippen LogP contribution in [0.5, 0.6) is 11.5 Å². The maximum absolute atomic E-state index is 12.4. The fourth-order valence-corrected chi connectivity index (χ4v) is 3.26. The average Bonchev–Trinajstić information content (AvgIpc) is 2.99. The predicted octanol–water partition coefficient (Wildman–Crippen LogP) is 3.77. The van der Waals surface area contributed by atoms with E-state index in [9.17, 15) is 4.79 Å². The van der Waals surface area contributed by atoms with Gasteiger partial charge in [-0.3, -0.25) is 4.79 Å². The van der Waals surface area contributed by atoms with Crippen molar-refractivity contribution in [3.05, 3.63) is 42.0 Å². The van der Waals surface area contributed by atoms with Gasteiger partial charge >= 0.3 is 0 Å². The van der Waals surface area contributed by atoms with Crippen molar-refractivity contribution >= 4 is 12.0 Å². The van der Waals surface area contributed by atoms with E-state index in [0.717, 1.165) is 29.9 Å². The number of fused-ring (bicyclic) bond motifs is 1. The summed E-state index contributed by atoms with van der Waals surface area (Å²) in [4.78, 5) is 14.3. The van der Waals surface area contributed by atoms with Crippen molar-refractivity contribution in [2.75, 3.05) is 6.79 Å². The number of likely N-dealkylation sites (tertiary alicyclic amines) is 1. The number of allylic oxidation sites excluding steroid dienone is 2. The predicted molar refractivity (Wildman–Crippen MR) is 90.4 cm³/mol. The fourth-order valence-electron chi connectivity index (χ4n) is 3.26. The topological polar surface area (TPSA) is 38.8 Å². The summed E-state index contributed by atoms with van der Waals surface area (Å²) in [7, 11) is 0. The maximum atomic E-state index is 12.4. The molecule has 1 aromatic carbocycles. The van der Waals surface area contributed by atoms with E-state index < -0.39 is 0 Å². The van der Waals surface area contributed by atoms with Crippen LogP contribution in [0, 0.1) is 0 Å². The van der Waals surface area contributed by atoms with Gasteiger partial charge in [-0.1, -0.05) is 24.3 Å². The summed E-state index contributed by atoms with van der Waals surface area (Å²) < 4.78 is 10.6. The molecule has 0 N–H and O–H groups in total. The van der Waals surface area contributed by atoms with Crippen molar-refractivity contribution < 1.29 is 14.3 Å². The van der Waals surface area contributed by atoms with Crippen LogP contribution in [0.15, 0.2) is 36.4 Å². The summed E-state index contributed by atoms with van der Waals surface area (Å²) in [6.45, 7) is 4.54. The molecule has 0 spiro atoms. The van der Waals surface area contributed by atoms with E-state index in [2.05, 4.69) is 13.8 Å². The Morgan fingerprint density at radius 2 is 1.87 bits per heavy atom. The van der Waals surface area contributed by atoms with Gasteiger partial charge in [0.15, 0.2) is 11.5 Å². The summed E-state index contributed by atoms with van der Waals surface area (Å²) in [5.74, 6) is 1.64. The Morgan fingerprint density at radius 3 is 2.65 bits per heavy atom. The van der Waals surface area contributed by atoms with Crippen LogP contribution in [0.3, 0.4) is 0 Å². The summed E-state index contributed by atoms with van der Waals surface area (Å²) in [5, 5.41) is 0. The zero-order valence-corrected chi connectivity index (χ0v) is 13.7. The zero-order valence-electron chi connectivity index (χ0n) is 13.7. The molecule has 0 saturated carbocycles. The lowest BCUT2D eigenvalue weighted by Gasteiger charge is -2.38. The summed E-state index contributed by atoms with van der Waals surface area (Å²) in [6.07, 6.45) is 10.7. The van der Waals surface area contributed by atoms with Crippen molar-refractivity contribution in [1.29, 1.82) is 0 Å². The first kappa shape index (κ1) is 15.7. The molecule has 0 bridgehead atoms. The van der Waals surface area contributed by atoms with Gasteiger partial charge in [-0.15, -0.1) is 0 Å². The van der Waals surface area contributed by atoms with E-state index in [-0.39, 0.29) is 12.7 Å². The molecular formula is C19H23NO3. The van der Waals surface area contributed by atoms with Gasteiger partial charge in [0.05, 0.1) is 0 Å². The highest BCUT2D eigenvalue weighted by atomic mass is 16.7. The molecular weight excluding hydrogens is 290 g/mol. The second kappa shape index (κ2) is 6.90. The Balaban J connectivity index is 1.60. The second-order valence-corrected chi connectivity index (χ2v) is 6.21. The van der Waals surface area contributed by atoms with Gasteiger partial charge in [-0.05, 0) is 50.8 Å². The van der Waals surface area contributed by atoms with Crippen LogP contribution in [-0.4, -0.2) is 29.7 Å². The number of hydrogen-bond donors (Lipinski definition) is 0. The van der Waals surface area contributed by atoms with Crippen LogP contribution in [0.25, 0.3) is 6.08 Å². The van der Waals surface area contributed by atoms with Crippen LogP contribution in [0.2, 0.25) is 0 Å². The number of piperidine rings is 1. The van der Waals surface area contributed by atoms with Crippen LogP contribution in [0.1, 0.15) is 38.7 Å². The molecule has 4 heteroatoms. The number of carbonyl (C=O) groups is 1. The first-order valence-electron chi connectivity index (χ1n) is 8.22. The highest BCUT2D eigenvalue weighted by Crippen LogP contribution is 2.32. The van der Waals surface area contributed by atoms with Crippen LogP contribution in [0.4, 0.5) is 0 Å². The lowest BCUT2D eigenvalue weighted by atomic mass is 9.97. The maximum Gasteiger partial charge on any atom is 0.247 e. The third-order valence-electron chi connectivity index (χ3n) is 4.48. The molecule has 0 unspecified atom stereocenters. The molecule has 0 radical (unpaired) electrons. The molecule has 2 aliphatic rings. The van der Waals surface area contributed by atoms with Gasteiger partial charge in [0.2, 0.25) is 12.7 Å². The molecule has 1 aromatic rings. The molecule has 2 atom stereocenters. The summed E-state index contributed by atoms with van der Waals surface area (Å²) >= 11 is 0. The van der Waals surface area contributed by atoms with Gasteiger partial charge in [-0.2, -0.15) is 0 Å². The quantitative estimate of drug-likeness (QED) is 0.630. The van der Waals surface area contributed by atoms with Gasteiger partial charge in [0, 0.05) is 18.2 Å². The Kier molecular flexibility index (Phi) is 4.70. The summed E-state index contributed by atoms with van der Waals surface area (Å²) in [5.41, 5.74) is 1.02. The molecule has 4 nitrogen and oxygen atoms in total. The molecule has 1 saturated heterocycles. The van der Waals surface area contributed by atoms with E-state index >= 15 is 0 Å². The van der Waals surface area contributed by atoms with Crippen molar-refractivity contribution in [1.82, 2.24) is 4.90 Å². The first-order valence-corrected chi connectivity index (χ1v) is 8.22. The molecule has 1 fully saturated rings. The smallest absolute Gasteiger partial charge is 0.247 e. The molecule has 0 aliphatic carbocycles. The molecule has 23 heavy (non-hydrogen) atoms. The highest BCUT2D eigenvalue weighted by Gasteiger charge is 2.27. The molecule has 122 valence electrons. The fraction of sp³-hybridized carbons (Fsp3) is 0.421. The van der Waals surface area contributed by atoms with E-state index in [4.69, 9.17) is 9.47 Å². The minimum atomic E-state index is 0.0973. The van der Waals surface area contributed by atoms with E-state index in [1.165, 1.54) is 6.42 Å². The number of nitrogens with zero attached hydrogens (tertiary/aromatic N) is 1. The minimum absolute atomic E-state index is 0.0973. The van der Waals surface area contributed by atoms with Crippen molar-refractivity contribution in [2.45, 2.75) is 45.2 Å². The Hall–Kier alpha value is -2.23. The molecule has 1 amide bonds. The molecule has 0 aromatic heterocycles. The Bertz CT molecular complexity index is 626. The lowest BCUT2D eigenvalue weighted by molar-refractivity contribution is -0.131. The normalized spacial score (nSPS) is 23.8. The lowest BCUT2D eigenvalue weighted by Crippen LogP contribution is -2.46. The van der Waals surface area contributed by atoms with Gasteiger partial charge in [-0.25, -0.2) is 0 Å². The van der Waals surface area contributed by atoms with E-state index in [0.29, 0.717) is 12.1 Å². The SMILES string of the molecule is C[C@@H]1CCC[C@H](C)N1C(=O)/C=C/C=C/c1ccc2c(c1)OCO2. The summed E-state index contributed by atoms with van der Waals surface area (Å²) in [6, 6.07) is 6.45. The number of benzene rings is 1. The van der Waals surface area contributed by atoms with Crippen molar-refractivity contribution in [2.24, 2.45) is 0 Å². The van der Waals surface area contributed by atoms with E-state index in [1.54, 1.807) is 12.2 Å². The van der Waals surface area contributed by atoms with Crippen molar-refractivity contribution in [3.63, 3.8) is 0 Å².